The van der Waals surface area contributed by atoms with Gasteiger partial charge in [-0.05, 0) is 32.1 Å². The molecule has 1 aliphatic rings. The zero-order valence-corrected chi connectivity index (χ0v) is 11.1. The van der Waals surface area contributed by atoms with E-state index in [-0.39, 0.29) is 6.03 Å². The normalized spacial score (nSPS) is 24.4. The van der Waals surface area contributed by atoms with E-state index >= 15 is 0 Å². The van der Waals surface area contributed by atoms with E-state index in [0.29, 0.717) is 12.0 Å². The molecule has 2 atom stereocenters. The minimum absolute atomic E-state index is 0.0275. The third kappa shape index (κ3) is 6.51. The third-order valence-electron chi connectivity index (χ3n) is 3.21. The fourth-order valence-corrected chi connectivity index (χ4v) is 2.15. The van der Waals surface area contributed by atoms with E-state index in [9.17, 15) is 4.79 Å². The molecular formula is C13H26N2O2. The van der Waals surface area contributed by atoms with Crippen molar-refractivity contribution in [2.75, 3.05) is 19.7 Å². The Kier molecular flexibility index (Phi) is 7.01. The van der Waals surface area contributed by atoms with Crippen molar-refractivity contribution in [2.24, 2.45) is 5.92 Å². The molecule has 4 heteroatoms. The number of ether oxygens (including phenoxy) is 1. The third-order valence-corrected chi connectivity index (χ3v) is 3.21. The van der Waals surface area contributed by atoms with Crippen LogP contribution in [-0.4, -0.2) is 31.8 Å². The molecule has 17 heavy (non-hydrogen) atoms. The number of unbranched alkanes of at least 4 members (excludes halogenated alkanes) is 2. The van der Waals surface area contributed by atoms with Crippen LogP contribution in [0.4, 0.5) is 4.79 Å². The van der Waals surface area contributed by atoms with Gasteiger partial charge < -0.3 is 15.4 Å². The van der Waals surface area contributed by atoms with E-state index < -0.39 is 0 Å². The highest BCUT2D eigenvalue weighted by atomic mass is 16.5. The molecule has 1 aliphatic heterocycles. The Morgan fingerprint density at radius 2 is 2.18 bits per heavy atom. The second-order valence-corrected chi connectivity index (χ2v) is 4.92. The first-order valence-electron chi connectivity index (χ1n) is 6.85. The van der Waals surface area contributed by atoms with Crippen LogP contribution >= 0.6 is 0 Å². The summed E-state index contributed by atoms with van der Waals surface area (Å²) in [5.74, 6) is 0.570. The molecule has 1 fully saturated rings. The largest absolute Gasteiger partial charge is 0.378 e. The Bertz CT molecular complexity index is 221. The second kappa shape index (κ2) is 8.34. The smallest absolute Gasteiger partial charge is 0.314 e. The number of urea groups is 1. The van der Waals surface area contributed by atoms with Gasteiger partial charge in [-0.1, -0.05) is 19.8 Å². The second-order valence-electron chi connectivity index (χ2n) is 4.92. The monoisotopic (exact) mass is 242 g/mol. The van der Waals surface area contributed by atoms with Crippen molar-refractivity contribution in [3.8, 4) is 0 Å². The molecular weight excluding hydrogens is 216 g/mol. The molecule has 0 unspecified atom stereocenters. The molecule has 0 saturated carbocycles. The molecule has 1 rings (SSSR count). The summed E-state index contributed by atoms with van der Waals surface area (Å²) in [5.41, 5.74) is 0. The molecule has 1 saturated heterocycles. The first kappa shape index (κ1) is 14.3. The van der Waals surface area contributed by atoms with Crippen molar-refractivity contribution < 1.29 is 9.53 Å². The summed E-state index contributed by atoms with van der Waals surface area (Å²) in [6, 6.07) is -0.0275. The summed E-state index contributed by atoms with van der Waals surface area (Å²) in [6.07, 6.45) is 5.87. The van der Waals surface area contributed by atoms with E-state index in [1.807, 2.05) is 0 Å². The fraction of sp³-hybridized carbons (Fsp3) is 0.923. The van der Waals surface area contributed by atoms with E-state index in [4.69, 9.17) is 4.74 Å². The van der Waals surface area contributed by atoms with Gasteiger partial charge in [0.2, 0.25) is 0 Å². The standard InChI is InChI=1S/C13H26N2O2/c1-3-4-5-7-14-13(16)15-10-12-6-8-17-11(2)9-12/h11-12H,3-10H2,1-2H3,(H2,14,15,16)/t11-,12-/m0/s1. The molecule has 4 nitrogen and oxygen atoms in total. The van der Waals surface area contributed by atoms with Crippen LogP contribution in [0, 0.1) is 5.92 Å². The van der Waals surface area contributed by atoms with Gasteiger partial charge in [0.1, 0.15) is 0 Å². The molecule has 1 heterocycles. The first-order chi connectivity index (χ1) is 8.22. The van der Waals surface area contributed by atoms with Gasteiger partial charge in [0, 0.05) is 19.7 Å². The van der Waals surface area contributed by atoms with Gasteiger partial charge in [0.15, 0.2) is 0 Å². The van der Waals surface area contributed by atoms with Crippen molar-refractivity contribution in [3.05, 3.63) is 0 Å². The first-order valence-corrected chi connectivity index (χ1v) is 6.85. The molecule has 0 aromatic rings. The molecule has 0 aromatic heterocycles. The fourth-order valence-electron chi connectivity index (χ4n) is 2.15. The minimum atomic E-state index is -0.0275. The Labute approximate surface area is 104 Å². The Morgan fingerprint density at radius 1 is 1.35 bits per heavy atom. The van der Waals surface area contributed by atoms with E-state index in [2.05, 4.69) is 24.5 Å². The van der Waals surface area contributed by atoms with E-state index in [1.54, 1.807) is 0 Å². The van der Waals surface area contributed by atoms with Gasteiger partial charge in [-0.3, -0.25) is 0 Å². The van der Waals surface area contributed by atoms with Crippen molar-refractivity contribution in [1.82, 2.24) is 10.6 Å². The predicted octanol–water partition coefficient (Wildman–Crippen LogP) is 2.29. The van der Waals surface area contributed by atoms with E-state index in [1.165, 1.54) is 12.8 Å². The van der Waals surface area contributed by atoms with Gasteiger partial charge in [-0.2, -0.15) is 0 Å². The number of hydrogen-bond acceptors (Lipinski definition) is 2. The number of rotatable bonds is 6. The van der Waals surface area contributed by atoms with Crippen LogP contribution in [0.25, 0.3) is 0 Å². The average Bonchev–Trinajstić information content (AvgIpc) is 2.32. The lowest BCUT2D eigenvalue weighted by atomic mass is 9.96. The number of nitrogens with one attached hydrogen (secondary N) is 2. The van der Waals surface area contributed by atoms with E-state index in [0.717, 1.165) is 39.0 Å². The Morgan fingerprint density at radius 3 is 2.88 bits per heavy atom. The maximum Gasteiger partial charge on any atom is 0.314 e. The molecule has 0 aliphatic carbocycles. The predicted molar refractivity (Wildman–Crippen MR) is 69.1 cm³/mol. The number of hydrogen-bond donors (Lipinski definition) is 2. The van der Waals surface area contributed by atoms with Crippen LogP contribution in [0.2, 0.25) is 0 Å². The number of amides is 2. The van der Waals surface area contributed by atoms with Gasteiger partial charge in [-0.25, -0.2) is 4.79 Å². The average molecular weight is 242 g/mol. The highest BCUT2D eigenvalue weighted by Crippen LogP contribution is 2.18. The summed E-state index contributed by atoms with van der Waals surface area (Å²) in [4.78, 5) is 11.5. The van der Waals surface area contributed by atoms with Crippen LogP contribution < -0.4 is 10.6 Å². The lowest BCUT2D eigenvalue weighted by Crippen LogP contribution is -2.40. The molecule has 0 radical (unpaired) electrons. The van der Waals surface area contributed by atoms with Crippen LogP contribution in [0.3, 0.4) is 0 Å². The van der Waals surface area contributed by atoms with Gasteiger partial charge in [0.05, 0.1) is 6.10 Å². The van der Waals surface area contributed by atoms with Crippen LogP contribution in [-0.2, 0) is 4.74 Å². The summed E-state index contributed by atoms with van der Waals surface area (Å²) in [7, 11) is 0. The summed E-state index contributed by atoms with van der Waals surface area (Å²) >= 11 is 0. The lowest BCUT2D eigenvalue weighted by Gasteiger charge is -2.27. The maximum atomic E-state index is 11.5. The van der Waals surface area contributed by atoms with Crippen LogP contribution in [0.15, 0.2) is 0 Å². The minimum Gasteiger partial charge on any atom is -0.378 e. The Hall–Kier alpha value is -0.770. The summed E-state index contributed by atoms with van der Waals surface area (Å²) in [5, 5.41) is 5.83. The highest BCUT2D eigenvalue weighted by molar-refractivity contribution is 5.73. The summed E-state index contributed by atoms with van der Waals surface area (Å²) in [6.45, 7) is 6.63. The molecule has 0 spiro atoms. The SMILES string of the molecule is CCCCCNC(=O)NC[C@H]1CCO[C@@H](C)C1. The number of carbonyl (C=O) groups is 1. The van der Waals surface area contributed by atoms with Crippen LogP contribution in [0.1, 0.15) is 46.0 Å². The van der Waals surface area contributed by atoms with Gasteiger partial charge in [0.25, 0.3) is 0 Å². The molecule has 0 aromatic carbocycles. The zero-order chi connectivity index (χ0) is 12.5. The maximum absolute atomic E-state index is 11.5. The van der Waals surface area contributed by atoms with Crippen LogP contribution in [0.5, 0.6) is 0 Å². The number of carbonyl (C=O) groups excluding carboxylic acids is 1. The van der Waals surface area contributed by atoms with Crippen molar-refractivity contribution in [2.45, 2.75) is 52.1 Å². The van der Waals surface area contributed by atoms with Crippen molar-refractivity contribution in [1.29, 1.82) is 0 Å². The Balaban J connectivity index is 2.02. The molecule has 2 amide bonds. The molecule has 0 bridgehead atoms. The summed E-state index contributed by atoms with van der Waals surface area (Å²) < 4.78 is 5.48. The molecule has 100 valence electrons. The van der Waals surface area contributed by atoms with Gasteiger partial charge in [-0.15, -0.1) is 0 Å². The van der Waals surface area contributed by atoms with Gasteiger partial charge >= 0.3 is 6.03 Å². The molecule has 2 N–H and O–H groups in total. The quantitative estimate of drug-likeness (QED) is 0.702. The van der Waals surface area contributed by atoms with Crippen molar-refractivity contribution >= 4 is 6.03 Å². The zero-order valence-electron chi connectivity index (χ0n) is 11.1. The highest BCUT2D eigenvalue weighted by Gasteiger charge is 2.19. The lowest BCUT2D eigenvalue weighted by molar-refractivity contribution is 0.00346. The van der Waals surface area contributed by atoms with Crippen molar-refractivity contribution in [3.63, 3.8) is 0 Å². The topological polar surface area (TPSA) is 50.4 Å².